The van der Waals surface area contributed by atoms with Crippen molar-refractivity contribution in [2.45, 2.75) is 20.3 Å². The third-order valence-corrected chi connectivity index (χ3v) is 3.33. The SMILES string of the molecule is CCCNc1cc(C(=O)Nc2ccc(OC)c(Cl)c2)nc(C)n1. The number of aryl methyl sites for hydroxylation is 1. The molecule has 122 valence electrons. The molecule has 7 heteroatoms. The van der Waals surface area contributed by atoms with Crippen LogP contribution in [-0.2, 0) is 0 Å². The van der Waals surface area contributed by atoms with Gasteiger partial charge in [-0.3, -0.25) is 4.79 Å². The van der Waals surface area contributed by atoms with Crippen molar-refractivity contribution in [3.05, 3.63) is 40.8 Å². The quantitative estimate of drug-likeness (QED) is 0.845. The summed E-state index contributed by atoms with van der Waals surface area (Å²) in [6.07, 6.45) is 0.967. The van der Waals surface area contributed by atoms with Gasteiger partial charge < -0.3 is 15.4 Å². The zero-order chi connectivity index (χ0) is 16.8. The van der Waals surface area contributed by atoms with Crippen molar-refractivity contribution in [1.82, 2.24) is 9.97 Å². The van der Waals surface area contributed by atoms with E-state index in [1.165, 1.54) is 7.11 Å². The van der Waals surface area contributed by atoms with Gasteiger partial charge in [0.1, 0.15) is 23.1 Å². The molecule has 1 aromatic heterocycles. The molecule has 0 spiro atoms. The Hall–Kier alpha value is -2.34. The number of methoxy groups -OCH3 is 1. The molecule has 0 saturated heterocycles. The fourth-order valence-electron chi connectivity index (χ4n) is 1.97. The lowest BCUT2D eigenvalue weighted by atomic mass is 10.2. The number of nitrogens with one attached hydrogen (secondary N) is 2. The van der Waals surface area contributed by atoms with Crippen LogP contribution >= 0.6 is 11.6 Å². The summed E-state index contributed by atoms with van der Waals surface area (Å²) in [7, 11) is 1.54. The molecule has 0 bridgehead atoms. The van der Waals surface area contributed by atoms with Crippen LogP contribution in [0.5, 0.6) is 5.75 Å². The van der Waals surface area contributed by atoms with E-state index in [4.69, 9.17) is 16.3 Å². The van der Waals surface area contributed by atoms with Crippen molar-refractivity contribution in [3.63, 3.8) is 0 Å². The van der Waals surface area contributed by atoms with Gasteiger partial charge in [-0.15, -0.1) is 0 Å². The average Bonchev–Trinajstić information content (AvgIpc) is 2.52. The summed E-state index contributed by atoms with van der Waals surface area (Å²) in [5.41, 5.74) is 0.864. The van der Waals surface area contributed by atoms with Crippen LogP contribution in [0.25, 0.3) is 0 Å². The third-order valence-electron chi connectivity index (χ3n) is 3.04. The summed E-state index contributed by atoms with van der Waals surface area (Å²) in [5.74, 6) is 1.39. The summed E-state index contributed by atoms with van der Waals surface area (Å²) in [6, 6.07) is 6.66. The van der Waals surface area contributed by atoms with Crippen LogP contribution in [0.3, 0.4) is 0 Å². The number of aromatic nitrogens is 2. The molecule has 23 heavy (non-hydrogen) atoms. The van der Waals surface area contributed by atoms with E-state index in [1.807, 2.05) is 0 Å². The molecular formula is C16H19ClN4O2. The number of benzene rings is 1. The zero-order valence-corrected chi connectivity index (χ0v) is 14.1. The second-order valence-electron chi connectivity index (χ2n) is 4.92. The highest BCUT2D eigenvalue weighted by Gasteiger charge is 2.12. The van der Waals surface area contributed by atoms with Gasteiger partial charge in [-0.1, -0.05) is 18.5 Å². The maximum absolute atomic E-state index is 12.4. The minimum Gasteiger partial charge on any atom is -0.495 e. The van der Waals surface area contributed by atoms with Crippen LogP contribution in [0.1, 0.15) is 29.7 Å². The summed E-state index contributed by atoms with van der Waals surface area (Å²) in [5, 5.41) is 6.34. The number of amides is 1. The Morgan fingerprint density at radius 1 is 1.30 bits per heavy atom. The van der Waals surface area contributed by atoms with Gasteiger partial charge >= 0.3 is 0 Å². The van der Waals surface area contributed by atoms with Crippen molar-refractivity contribution in [2.75, 3.05) is 24.3 Å². The first kappa shape index (κ1) is 17.0. The largest absolute Gasteiger partial charge is 0.495 e. The van der Waals surface area contributed by atoms with Crippen molar-refractivity contribution < 1.29 is 9.53 Å². The van der Waals surface area contributed by atoms with E-state index >= 15 is 0 Å². The van der Waals surface area contributed by atoms with Gasteiger partial charge in [-0.2, -0.15) is 0 Å². The number of anilines is 2. The number of rotatable bonds is 6. The Balaban J connectivity index is 2.17. The molecule has 2 aromatic rings. The molecule has 0 aliphatic carbocycles. The van der Waals surface area contributed by atoms with E-state index in [9.17, 15) is 4.79 Å². The molecule has 0 aliphatic rings. The fourth-order valence-corrected chi connectivity index (χ4v) is 2.22. The Labute approximate surface area is 140 Å². The number of carbonyl (C=O) groups is 1. The van der Waals surface area contributed by atoms with Gasteiger partial charge in [0.05, 0.1) is 12.1 Å². The first-order valence-corrected chi connectivity index (χ1v) is 7.65. The van der Waals surface area contributed by atoms with Crippen LogP contribution in [-0.4, -0.2) is 29.5 Å². The molecule has 6 nitrogen and oxygen atoms in total. The molecule has 0 atom stereocenters. The van der Waals surface area contributed by atoms with Crippen molar-refractivity contribution in [3.8, 4) is 5.75 Å². The van der Waals surface area contributed by atoms with Gasteiger partial charge in [0, 0.05) is 18.3 Å². The van der Waals surface area contributed by atoms with Crippen molar-refractivity contribution in [2.24, 2.45) is 0 Å². The number of carbonyl (C=O) groups excluding carboxylic acids is 1. The molecule has 1 heterocycles. The molecule has 0 unspecified atom stereocenters. The first-order chi connectivity index (χ1) is 11.0. The van der Waals surface area contributed by atoms with Crippen molar-refractivity contribution >= 4 is 29.0 Å². The minimum atomic E-state index is -0.323. The maximum Gasteiger partial charge on any atom is 0.274 e. The summed E-state index contributed by atoms with van der Waals surface area (Å²) in [6.45, 7) is 4.59. The van der Waals surface area contributed by atoms with Gasteiger partial charge in [0.15, 0.2) is 0 Å². The predicted octanol–water partition coefficient (Wildman–Crippen LogP) is 3.52. The highest BCUT2D eigenvalue weighted by molar-refractivity contribution is 6.32. The minimum absolute atomic E-state index is 0.294. The highest BCUT2D eigenvalue weighted by Crippen LogP contribution is 2.27. The predicted molar refractivity (Wildman–Crippen MR) is 91.5 cm³/mol. The van der Waals surface area contributed by atoms with Crippen LogP contribution in [0.2, 0.25) is 5.02 Å². The molecule has 2 rings (SSSR count). The van der Waals surface area contributed by atoms with E-state index < -0.39 is 0 Å². The lowest BCUT2D eigenvalue weighted by Gasteiger charge is -2.10. The second kappa shape index (κ2) is 7.78. The standard InChI is InChI=1S/C16H19ClN4O2/c1-4-7-18-15-9-13(19-10(2)20-15)16(22)21-11-5-6-14(23-3)12(17)8-11/h5-6,8-9H,4,7H2,1-3H3,(H,21,22)(H,18,19,20). The maximum atomic E-state index is 12.4. The second-order valence-corrected chi connectivity index (χ2v) is 5.32. The van der Waals surface area contributed by atoms with E-state index in [2.05, 4.69) is 27.5 Å². The Kier molecular flexibility index (Phi) is 5.76. The zero-order valence-electron chi connectivity index (χ0n) is 13.3. The molecule has 0 fully saturated rings. The lowest BCUT2D eigenvalue weighted by molar-refractivity contribution is 0.102. The van der Waals surface area contributed by atoms with E-state index in [-0.39, 0.29) is 5.91 Å². The van der Waals surface area contributed by atoms with E-state index in [0.717, 1.165) is 13.0 Å². The summed E-state index contributed by atoms with van der Waals surface area (Å²) >= 11 is 6.05. The Morgan fingerprint density at radius 3 is 2.74 bits per heavy atom. The molecule has 0 aliphatic heterocycles. The highest BCUT2D eigenvalue weighted by atomic mass is 35.5. The van der Waals surface area contributed by atoms with Crippen LogP contribution in [0.15, 0.2) is 24.3 Å². The Morgan fingerprint density at radius 2 is 2.09 bits per heavy atom. The molecule has 0 saturated carbocycles. The summed E-state index contributed by atoms with van der Waals surface area (Å²) < 4.78 is 5.09. The molecule has 0 radical (unpaired) electrons. The molecule has 1 aromatic carbocycles. The molecule has 1 amide bonds. The number of nitrogens with zero attached hydrogens (tertiary/aromatic N) is 2. The first-order valence-electron chi connectivity index (χ1n) is 7.28. The lowest BCUT2D eigenvalue weighted by Crippen LogP contribution is -2.16. The van der Waals surface area contributed by atoms with Gasteiger partial charge in [-0.25, -0.2) is 9.97 Å². The number of hydrogen-bond acceptors (Lipinski definition) is 5. The van der Waals surface area contributed by atoms with E-state index in [0.29, 0.717) is 33.8 Å². The van der Waals surface area contributed by atoms with Crippen LogP contribution < -0.4 is 15.4 Å². The normalized spacial score (nSPS) is 10.3. The van der Waals surface area contributed by atoms with Crippen LogP contribution in [0.4, 0.5) is 11.5 Å². The topological polar surface area (TPSA) is 76.1 Å². The number of hydrogen-bond donors (Lipinski definition) is 2. The Bertz CT molecular complexity index is 706. The average molecular weight is 335 g/mol. The molecular weight excluding hydrogens is 316 g/mol. The third kappa shape index (κ3) is 4.56. The number of halogens is 1. The number of ether oxygens (including phenoxy) is 1. The van der Waals surface area contributed by atoms with E-state index in [1.54, 1.807) is 31.2 Å². The van der Waals surface area contributed by atoms with Crippen molar-refractivity contribution in [1.29, 1.82) is 0 Å². The molecule has 2 N–H and O–H groups in total. The summed E-state index contributed by atoms with van der Waals surface area (Å²) in [4.78, 5) is 20.8. The van der Waals surface area contributed by atoms with Gasteiger partial charge in [0.25, 0.3) is 5.91 Å². The monoisotopic (exact) mass is 334 g/mol. The smallest absolute Gasteiger partial charge is 0.274 e. The fraction of sp³-hybridized carbons (Fsp3) is 0.312. The van der Waals surface area contributed by atoms with Gasteiger partial charge in [-0.05, 0) is 31.5 Å². The van der Waals surface area contributed by atoms with Crippen LogP contribution in [0, 0.1) is 6.92 Å². The van der Waals surface area contributed by atoms with Gasteiger partial charge in [0.2, 0.25) is 0 Å².